The van der Waals surface area contributed by atoms with E-state index in [4.69, 9.17) is 0 Å². The van der Waals surface area contributed by atoms with Crippen molar-refractivity contribution >= 4 is 5.78 Å². The highest BCUT2D eigenvalue weighted by atomic mass is 19.4. The van der Waals surface area contributed by atoms with Crippen LogP contribution in [0.15, 0.2) is 24.3 Å². The Hall–Kier alpha value is -1.96. The van der Waals surface area contributed by atoms with Crippen molar-refractivity contribution in [1.29, 1.82) is 0 Å². The number of Topliss-reactive ketones (excluding diaryl/α,β-unsaturated/α-hetero) is 1. The van der Waals surface area contributed by atoms with Crippen LogP contribution in [-0.4, -0.2) is 12.1 Å². The standard InChI is InChI=1S/C11H7F3O2/c1-8(15)2-3-9-4-6-10(7-5-9)16-11(12,13)14/h4-7H,1H3. The summed E-state index contributed by atoms with van der Waals surface area (Å²) in [7, 11) is 0. The molecule has 0 aliphatic rings. The van der Waals surface area contributed by atoms with E-state index in [0.29, 0.717) is 5.56 Å². The predicted octanol–water partition coefficient (Wildman–Crippen LogP) is 2.53. The van der Waals surface area contributed by atoms with E-state index in [0.717, 1.165) is 12.1 Å². The largest absolute Gasteiger partial charge is 0.573 e. The summed E-state index contributed by atoms with van der Waals surface area (Å²) in [5.41, 5.74) is 0.449. The number of rotatable bonds is 1. The minimum absolute atomic E-state index is 0.310. The highest BCUT2D eigenvalue weighted by Crippen LogP contribution is 2.22. The Bertz CT molecular complexity index is 435. The Kier molecular flexibility index (Phi) is 3.56. The second kappa shape index (κ2) is 4.71. The van der Waals surface area contributed by atoms with Gasteiger partial charge in [-0.05, 0) is 30.2 Å². The summed E-state index contributed by atoms with van der Waals surface area (Å²) in [5.74, 6) is 4.15. The van der Waals surface area contributed by atoms with Crippen LogP contribution >= 0.6 is 0 Å². The van der Waals surface area contributed by atoms with Crippen LogP contribution in [-0.2, 0) is 4.79 Å². The van der Waals surface area contributed by atoms with Gasteiger partial charge in [0.25, 0.3) is 0 Å². The van der Waals surface area contributed by atoms with Gasteiger partial charge in [-0.2, -0.15) is 0 Å². The molecule has 1 rings (SSSR count). The highest BCUT2D eigenvalue weighted by molar-refractivity contribution is 5.93. The molecule has 0 spiro atoms. The molecule has 0 heterocycles. The number of carbonyl (C=O) groups is 1. The van der Waals surface area contributed by atoms with Gasteiger partial charge in [-0.1, -0.05) is 5.92 Å². The fourth-order valence-corrected chi connectivity index (χ4v) is 0.900. The number of hydrogen-bond donors (Lipinski definition) is 0. The lowest BCUT2D eigenvalue weighted by molar-refractivity contribution is -0.274. The van der Waals surface area contributed by atoms with Gasteiger partial charge in [0.1, 0.15) is 5.75 Å². The summed E-state index contributed by atoms with van der Waals surface area (Å²) in [4.78, 5) is 10.5. The van der Waals surface area contributed by atoms with Gasteiger partial charge in [0.05, 0.1) is 0 Å². The number of benzene rings is 1. The first-order valence-corrected chi connectivity index (χ1v) is 4.25. The molecule has 0 aliphatic heterocycles. The van der Waals surface area contributed by atoms with Gasteiger partial charge in [0.2, 0.25) is 5.78 Å². The molecular formula is C11H7F3O2. The molecule has 0 atom stereocenters. The van der Waals surface area contributed by atoms with E-state index in [1.165, 1.54) is 19.1 Å². The summed E-state index contributed by atoms with van der Waals surface area (Å²) in [6.07, 6.45) is -4.70. The van der Waals surface area contributed by atoms with Crippen molar-refractivity contribution in [2.75, 3.05) is 0 Å². The van der Waals surface area contributed by atoms with E-state index >= 15 is 0 Å². The molecule has 5 heteroatoms. The van der Waals surface area contributed by atoms with E-state index in [2.05, 4.69) is 16.6 Å². The fraction of sp³-hybridized carbons (Fsp3) is 0.182. The van der Waals surface area contributed by atoms with E-state index < -0.39 is 6.36 Å². The van der Waals surface area contributed by atoms with Crippen LogP contribution in [0.25, 0.3) is 0 Å². The third-order valence-corrected chi connectivity index (χ3v) is 1.47. The van der Waals surface area contributed by atoms with Crippen LogP contribution < -0.4 is 4.74 Å². The smallest absolute Gasteiger partial charge is 0.406 e. The molecule has 0 amide bonds. The average molecular weight is 228 g/mol. The zero-order chi connectivity index (χ0) is 12.2. The van der Waals surface area contributed by atoms with Crippen LogP contribution in [0.3, 0.4) is 0 Å². The van der Waals surface area contributed by atoms with Crippen LogP contribution in [0.2, 0.25) is 0 Å². The summed E-state index contributed by atoms with van der Waals surface area (Å²) in [6, 6.07) is 4.96. The number of carbonyl (C=O) groups excluding carboxylic acids is 1. The first-order valence-electron chi connectivity index (χ1n) is 4.25. The second-order valence-corrected chi connectivity index (χ2v) is 2.88. The Morgan fingerprint density at radius 1 is 1.25 bits per heavy atom. The molecule has 1 aromatic carbocycles. The zero-order valence-corrected chi connectivity index (χ0v) is 8.26. The molecule has 16 heavy (non-hydrogen) atoms. The van der Waals surface area contributed by atoms with Crippen molar-refractivity contribution in [2.45, 2.75) is 13.3 Å². The minimum Gasteiger partial charge on any atom is -0.406 e. The van der Waals surface area contributed by atoms with Gasteiger partial charge < -0.3 is 4.74 Å². The predicted molar refractivity (Wildman–Crippen MR) is 50.7 cm³/mol. The van der Waals surface area contributed by atoms with Crippen molar-refractivity contribution in [3.8, 4) is 17.6 Å². The van der Waals surface area contributed by atoms with Crippen molar-refractivity contribution < 1.29 is 22.7 Å². The van der Waals surface area contributed by atoms with Gasteiger partial charge in [0, 0.05) is 12.5 Å². The number of ether oxygens (including phenoxy) is 1. The van der Waals surface area contributed by atoms with Gasteiger partial charge in [-0.3, -0.25) is 4.79 Å². The molecule has 2 nitrogen and oxygen atoms in total. The minimum atomic E-state index is -4.70. The van der Waals surface area contributed by atoms with E-state index in [-0.39, 0.29) is 11.5 Å². The van der Waals surface area contributed by atoms with Crippen LogP contribution in [0.4, 0.5) is 13.2 Å². The first-order chi connectivity index (χ1) is 7.37. The molecule has 0 saturated carbocycles. The summed E-state index contributed by atoms with van der Waals surface area (Å²) < 4.78 is 39.1. The molecule has 0 fully saturated rings. The fourth-order valence-electron chi connectivity index (χ4n) is 0.900. The molecule has 0 aliphatic carbocycles. The topological polar surface area (TPSA) is 26.3 Å². The number of ketones is 1. The molecule has 0 saturated heterocycles. The molecule has 1 aromatic rings. The average Bonchev–Trinajstić information content (AvgIpc) is 2.14. The lowest BCUT2D eigenvalue weighted by Gasteiger charge is -2.07. The van der Waals surface area contributed by atoms with Crippen LogP contribution in [0, 0.1) is 11.8 Å². The van der Waals surface area contributed by atoms with Gasteiger partial charge >= 0.3 is 6.36 Å². The zero-order valence-electron chi connectivity index (χ0n) is 8.26. The van der Waals surface area contributed by atoms with Crippen molar-refractivity contribution in [2.24, 2.45) is 0 Å². The van der Waals surface area contributed by atoms with E-state index in [9.17, 15) is 18.0 Å². The number of halogens is 3. The van der Waals surface area contributed by atoms with Crippen molar-refractivity contribution in [1.82, 2.24) is 0 Å². The number of alkyl halides is 3. The van der Waals surface area contributed by atoms with Crippen molar-refractivity contribution in [3.63, 3.8) is 0 Å². The van der Waals surface area contributed by atoms with E-state index in [1.807, 2.05) is 0 Å². The van der Waals surface area contributed by atoms with Crippen LogP contribution in [0.1, 0.15) is 12.5 Å². The third-order valence-electron chi connectivity index (χ3n) is 1.47. The molecule has 0 N–H and O–H groups in total. The second-order valence-electron chi connectivity index (χ2n) is 2.88. The SMILES string of the molecule is CC(=O)C#Cc1ccc(OC(F)(F)F)cc1. The lowest BCUT2D eigenvalue weighted by atomic mass is 10.2. The summed E-state index contributed by atoms with van der Waals surface area (Å²) in [5, 5.41) is 0. The molecule has 0 radical (unpaired) electrons. The van der Waals surface area contributed by atoms with E-state index in [1.54, 1.807) is 0 Å². The number of hydrogen-bond acceptors (Lipinski definition) is 2. The highest BCUT2D eigenvalue weighted by Gasteiger charge is 2.30. The Balaban J connectivity index is 2.77. The lowest BCUT2D eigenvalue weighted by Crippen LogP contribution is -2.16. The van der Waals surface area contributed by atoms with Crippen molar-refractivity contribution in [3.05, 3.63) is 29.8 Å². The Morgan fingerprint density at radius 3 is 2.25 bits per heavy atom. The van der Waals surface area contributed by atoms with Crippen LogP contribution in [0.5, 0.6) is 5.75 Å². The van der Waals surface area contributed by atoms with Gasteiger partial charge in [-0.25, -0.2) is 0 Å². The molecular weight excluding hydrogens is 221 g/mol. The first kappa shape index (κ1) is 12.1. The monoisotopic (exact) mass is 228 g/mol. The Morgan fingerprint density at radius 2 is 1.81 bits per heavy atom. The summed E-state index contributed by atoms with van der Waals surface area (Å²) in [6.45, 7) is 1.30. The maximum absolute atomic E-state index is 11.8. The Labute approximate surface area is 90.0 Å². The van der Waals surface area contributed by atoms with Gasteiger partial charge in [0.15, 0.2) is 0 Å². The van der Waals surface area contributed by atoms with Gasteiger partial charge in [-0.15, -0.1) is 13.2 Å². The quantitative estimate of drug-likeness (QED) is 0.690. The molecule has 0 bridgehead atoms. The third kappa shape index (κ3) is 4.51. The maximum Gasteiger partial charge on any atom is 0.573 e. The maximum atomic E-state index is 11.8. The molecule has 0 unspecified atom stereocenters. The molecule has 0 aromatic heterocycles. The molecule has 84 valence electrons. The normalized spacial score (nSPS) is 10.2. The summed E-state index contributed by atoms with van der Waals surface area (Å²) >= 11 is 0.